The summed E-state index contributed by atoms with van der Waals surface area (Å²) in [6.07, 6.45) is 6.60. The molecule has 0 bridgehead atoms. The lowest BCUT2D eigenvalue weighted by molar-refractivity contribution is -0.124. The number of hydrogen-bond donors (Lipinski definition) is 0. The third kappa shape index (κ3) is 4.31. The minimum atomic E-state index is 0.0728. The first-order chi connectivity index (χ1) is 14.6. The zero-order valence-electron chi connectivity index (χ0n) is 17.8. The highest BCUT2D eigenvalue weighted by Gasteiger charge is 2.41. The minimum Gasteiger partial charge on any atom is -0.497 e. The Bertz CT molecular complexity index is 984. The number of nitrogens with zero attached hydrogens (tertiary/aromatic N) is 2. The van der Waals surface area contributed by atoms with E-state index in [0.717, 1.165) is 45.5 Å². The van der Waals surface area contributed by atoms with Gasteiger partial charge in [0.25, 0.3) is 5.91 Å². The number of para-hydroxylation sites is 1. The lowest BCUT2D eigenvalue weighted by atomic mass is 9.85. The van der Waals surface area contributed by atoms with E-state index in [9.17, 15) is 4.79 Å². The second-order valence-electron chi connectivity index (χ2n) is 8.07. The topological polar surface area (TPSA) is 41.9 Å². The van der Waals surface area contributed by atoms with E-state index in [2.05, 4.69) is 6.92 Å². The summed E-state index contributed by atoms with van der Waals surface area (Å²) in [5.74, 6) is 1.37. The van der Waals surface area contributed by atoms with E-state index in [1.807, 2.05) is 66.4 Å². The van der Waals surface area contributed by atoms with E-state index >= 15 is 0 Å². The molecular formula is C25H28N2O2S. The van der Waals surface area contributed by atoms with Gasteiger partial charge < -0.3 is 4.74 Å². The predicted molar refractivity (Wildman–Crippen MR) is 125 cm³/mol. The van der Waals surface area contributed by atoms with Crippen LogP contribution in [0.25, 0.3) is 6.08 Å². The van der Waals surface area contributed by atoms with E-state index in [4.69, 9.17) is 9.73 Å². The van der Waals surface area contributed by atoms with Crippen molar-refractivity contribution in [3.8, 4) is 5.75 Å². The van der Waals surface area contributed by atoms with Gasteiger partial charge in [-0.05, 0) is 78.9 Å². The monoisotopic (exact) mass is 420 g/mol. The summed E-state index contributed by atoms with van der Waals surface area (Å²) >= 11 is 1.49. The zero-order chi connectivity index (χ0) is 21.1. The van der Waals surface area contributed by atoms with Crippen molar-refractivity contribution in [3.05, 3.63) is 64.6 Å². The molecule has 2 atom stereocenters. The number of carbonyl (C=O) groups excluding carboxylic acids is 1. The highest BCUT2D eigenvalue weighted by molar-refractivity contribution is 8.18. The molecule has 2 fully saturated rings. The summed E-state index contributed by atoms with van der Waals surface area (Å²) in [4.78, 5) is 21.1. The average Bonchev–Trinajstić information content (AvgIpc) is 3.05. The highest BCUT2D eigenvalue weighted by Crippen LogP contribution is 2.40. The molecule has 1 saturated carbocycles. The Morgan fingerprint density at radius 2 is 1.90 bits per heavy atom. The summed E-state index contributed by atoms with van der Waals surface area (Å²) in [5, 5.41) is 0.794. The number of rotatable bonds is 4. The van der Waals surface area contributed by atoms with Crippen molar-refractivity contribution in [2.24, 2.45) is 10.9 Å². The quantitative estimate of drug-likeness (QED) is 0.554. The van der Waals surface area contributed by atoms with Crippen molar-refractivity contribution < 1.29 is 9.53 Å². The Morgan fingerprint density at radius 1 is 1.13 bits per heavy atom. The standard InChI is InChI=1S/C25H28N2O2S/c1-17-9-7-8-12-22(17)27-24(28)23(16-19-13-14-21(29-3)15-18(19)2)30-25(27)26-20-10-5-4-6-11-20/h4-6,10-11,13-17,22H,7-9,12H2,1-3H3/b23-16-,26-25?/t17-,22-/m0/s1. The highest BCUT2D eigenvalue weighted by atomic mass is 32.2. The van der Waals surface area contributed by atoms with E-state index in [1.54, 1.807) is 7.11 Å². The van der Waals surface area contributed by atoms with Crippen LogP contribution in [-0.2, 0) is 4.79 Å². The van der Waals surface area contributed by atoms with Crippen molar-refractivity contribution in [1.29, 1.82) is 0 Å². The third-order valence-electron chi connectivity index (χ3n) is 5.98. The molecule has 156 valence electrons. The molecule has 0 aromatic heterocycles. The maximum Gasteiger partial charge on any atom is 0.267 e. The van der Waals surface area contributed by atoms with Crippen molar-refractivity contribution in [2.75, 3.05) is 7.11 Å². The second kappa shape index (κ2) is 9.09. The molecule has 5 heteroatoms. The molecule has 1 heterocycles. The molecule has 2 aromatic carbocycles. The summed E-state index contributed by atoms with van der Waals surface area (Å²) in [7, 11) is 1.67. The van der Waals surface area contributed by atoms with Crippen LogP contribution in [0.4, 0.5) is 5.69 Å². The van der Waals surface area contributed by atoms with Crippen molar-refractivity contribution >= 4 is 34.6 Å². The Morgan fingerprint density at radius 3 is 2.60 bits per heavy atom. The lowest BCUT2D eigenvalue weighted by Crippen LogP contribution is -2.44. The molecular weight excluding hydrogens is 392 g/mol. The van der Waals surface area contributed by atoms with Gasteiger partial charge in [0.05, 0.1) is 17.7 Å². The average molecular weight is 421 g/mol. The summed E-state index contributed by atoms with van der Waals surface area (Å²) in [5.41, 5.74) is 2.99. The summed E-state index contributed by atoms with van der Waals surface area (Å²) in [6.45, 7) is 4.30. The molecule has 0 N–H and O–H groups in total. The molecule has 2 aliphatic rings. The van der Waals surface area contributed by atoms with Crippen molar-refractivity contribution in [1.82, 2.24) is 4.90 Å². The molecule has 4 nitrogen and oxygen atoms in total. The number of amidine groups is 1. The van der Waals surface area contributed by atoms with Gasteiger partial charge in [0.1, 0.15) is 5.75 Å². The molecule has 0 unspecified atom stereocenters. The maximum absolute atomic E-state index is 13.5. The minimum absolute atomic E-state index is 0.0728. The molecule has 1 saturated heterocycles. The van der Waals surface area contributed by atoms with E-state index in [1.165, 1.54) is 24.6 Å². The Kier molecular flexibility index (Phi) is 6.28. The number of benzene rings is 2. The lowest BCUT2D eigenvalue weighted by Gasteiger charge is -2.35. The molecule has 1 amide bonds. The number of hydrogen-bond acceptors (Lipinski definition) is 4. The molecule has 1 aliphatic heterocycles. The fraction of sp³-hybridized carbons (Fsp3) is 0.360. The number of aliphatic imine (C=N–C) groups is 1. The number of amides is 1. The number of carbonyl (C=O) groups is 1. The zero-order valence-corrected chi connectivity index (χ0v) is 18.6. The van der Waals surface area contributed by atoms with Crippen LogP contribution < -0.4 is 4.74 Å². The van der Waals surface area contributed by atoms with Gasteiger partial charge in [0.15, 0.2) is 5.17 Å². The Labute approximate surface area is 183 Å². The van der Waals surface area contributed by atoms with Crippen LogP contribution in [0.3, 0.4) is 0 Å². The first kappa shape index (κ1) is 20.7. The van der Waals surface area contributed by atoms with E-state index < -0.39 is 0 Å². The molecule has 0 radical (unpaired) electrons. The van der Waals surface area contributed by atoms with Gasteiger partial charge in [-0.1, -0.05) is 44.0 Å². The fourth-order valence-electron chi connectivity index (χ4n) is 4.23. The number of thioether (sulfide) groups is 1. The summed E-state index contributed by atoms with van der Waals surface area (Å²) in [6, 6.07) is 16.1. The first-order valence-electron chi connectivity index (χ1n) is 10.6. The Hall–Kier alpha value is -2.53. The first-order valence-corrected chi connectivity index (χ1v) is 11.4. The van der Waals surface area contributed by atoms with Gasteiger partial charge in [-0.2, -0.15) is 0 Å². The largest absolute Gasteiger partial charge is 0.497 e. The summed E-state index contributed by atoms with van der Waals surface area (Å²) < 4.78 is 5.31. The maximum atomic E-state index is 13.5. The van der Waals surface area contributed by atoms with Crippen LogP contribution in [0.1, 0.15) is 43.7 Å². The number of ether oxygens (including phenoxy) is 1. The van der Waals surface area contributed by atoms with Crippen LogP contribution in [0.15, 0.2) is 58.4 Å². The van der Waals surface area contributed by atoms with Gasteiger partial charge in [0.2, 0.25) is 0 Å². The van der Waals surface area contributed by atoms with E-state index in [0.29, 0.717) is 5.92 Å². The van der Waals surface area contributed by atoms with Crippen molar-refractivity contribution in [3.63, 3.8) is 0 Å². The van der Waals surface area contributed by atoms with Gasteiger partial charge in [-0.3, -0.25) is 9.69 Å². The van der Waals surface area contributed by atoms with Gasteiger partial charge in [-0.15, -0.1) is 0 Å². The molecule has 30 heavy (non-hydrogen) atoms. The predicted octanol–water partition coefficient (Wildman–Crippen LogP) is 6.19. The number of aryl methyl sites for hydroxylation is 1. The molecule has 2 aromatic rings. The third-order valence-corrected chi connectivity index (χ3v) is 6.96. The Balaban J connectivity index is 1.72. The smallest absolute Gasteiger partial charge is 0.267 e. The van der Waals surface area contributed by atoms with Crippen LogP contribution in [0.2, 0.25) is 0 Å². The van der Waals surface area contributed by atoms with Gasteiger partial charge in [-0.25, -0.2) is 4.99 Å². The van der Waals surface area contributed by atoms with Gasteiger partial charge >= 0.3 is 0 Å². The fourth-order valence-corrected chi connectivity index (χ4v) is 5.26. The molecule has 1 aliphatic carbocycles. The SMILES string of the molecule is COc1ccc(/C=C2\SC(=Nc3ccccc3)N([C@H]3CCCC[C@@H]3C)C2=O)c(C)c1. The molecule has 0 spiro atoms. The van der Waals surface area contributed by atoms with Crippen LogP contribution in [0.5, 0.6) is 5.75 Å². The van der Waals surface area contributed by atoms with Crippen LogP contribution in [-0.4, -0.2) is 29.1 Å². The van der Waals surface area contributed by atoms with Crippen LogP contribution >= 0.6 is 11.8 Å². The normalized spacial score (nSPS) is 24.6. The van der Waals surface area contributed by atoms with Crippen LogP contribution in [0, 0.1) is 12.8 Å². The molecule has 4 rings (SSSR count). The second-order valence-corrected chi connectivity index (χ2v) is 9.08. The van der Waals surface area contributed by atoms with Gasteiger partial charge in [0, 0.05) is 6.04 Å². The number of methoxy groups -OCH3 is 1. The van der Waals surface area contributed by atoms with Crippen molar-refractivity contribution in [2.45, 2.75) is 45.6 Å². The van der Waals surface area contributed by atoms with E-state index in [-0.39, 0.29) is 11.9 Å².